The van der Waals surface area contributed by atoms with E-state index in [1.165, 1.54) is 0 Å². The number of carbonyl (C=O) groups excluding carboxylic acids is 1. The second kappa shape index (κ2) is 9.36. The second-order valence-corrected chi connectivity index (χ2v) is 7.09. The Morgan fingerprint density at radius 1 is 1.31 bits per heavy atom. The molecule has 0 radical (unpaired) electrons. The number of aromatic nitrogens is 2. The summed E-state index contributed by atoms with van der Waals surface area (Å²) in [6, 6.07) is 2.90. The number of amides is 1. The number of hydrogen-bond donors (Lipinski definition) is 3. The summed E-state index contributed by atoms with van der Waals surface area (Å²) in [6.07, 6.45) is 0.566. The lowest BCUT2D eigenvalue weighted by atomic mass is 9.92. The third-order valence-electron chi connectivity index (χ3n) is 5.38. The number of nitrogens with two attached hydrogens (primary N) is 2. The van der Waals surface area contributed by atoms with Crippen LogP contribution in [0.15, 0.2) is 18.2 Å². The van der Waals surface area contributed by atoms with Crippen LogP contribution in [0.4, 0.5) is 8.78 Å². The Morgan fingerprint density at radius 3 is 2.76 bits per heavy atom. The predicted molar refractivity (Wildman–Crippen MR) is 107 cm³/mol. The lowest BCUT2D eigenvalue weighted by Gasteiger charge is -2.41. The van der Waals surface area contributed by atoms with Gasteiger partial charge in [-0.05, 0) is 31.0 Å². The summed E-state index contributed by atoms with van der Waals surface area (Å²) < 4.78 is 33.4. The van der Waals surface area contributed by atoms with E-state index >= 15 is 0 Å². The van der Waals surface area contributed by atoms with Crippen molar-refractivity contribution in [1.29, 1.82) is 0 Å². The number of fused-ring (bicyclic) bond motifs is 1. The van der Waals surface area contributed by atoms with Gasteiger partial charge in [0.15, 0.2) is 5.69 Å². The number of H-pyrrole nitrogens is 1. The van der Waals surface area contributed by atoms with Gasteiger partial charge in [0.05, 0.1) is 12.3 Å². The summed E-state index contributed by atoms with van der Waals surface area (Å²) in [6.45, 7) is 1.66. The lowest BCUT2D eigenvalue weighted by Crippen LogP contribution is -2.50. The number of halogens is 4. The van der Waals surface area contributed by atoms with Gasteiger partial charge in [-0.2, -0.15) is 5.10 Å². The number of aromatic amines is 1. The number of primary amides is 1. The van der Waals surface area contributed by atoms with E-state index in [9.17, 15) is 13.6 Å². The first kappa shape index (κ1) is 23.5. The summed E-state index contributed by atoms with van der Waals surface area (Å²) in [5, 5.41) is 6.88. The topological polar surface area (TPSA) is 110 Å². The smallest absolute Gasteiger partial charge is 0.269 e. The van der Waals surface area contributed by atoms with E-state index in [1.54, 1.807) is 0 Å². The Morgan fingerprint density at radius 2 is 2.07 bits per heavy atom. The van der Waals surface area contributed by atoms with Crippen molar-refractivity contribution in [3.05, 3.63) is 52.3 Å². The van der Waals surface area contributed by atoms with Crippen molar-refractivity contribution in [2.75, 3.05) is 13.2 Å². The van der Waals surface area contributed by atoms with E-state index < -0.39 is 29.7 Å². The lowest BCUT2D eigenvalue weighted by molar-refractivity contribution is -0.0550. The predicted octanol–water partition coefficient (Wildman–Crippen LogP) is 1.85. The van der Waals surface area contributed by atoms with E-state index in [-0.39, 0.29) is 36.4 Å². The summed E-state index contributed by atoms with van der Waals surface area (Å²) in [7, 11) is 0. The molecule has 0 spiro atoms. The molecule has 1 saturated heterocycles. The van der Waals surface area contributed by atoms with Crippen molar-refractivity contribution >= 4 is 30.7 Å². The molecule has 3 atom stereocenters. The fourth-order valence-electron chi connectivity index (χ4n) is 4.01. The van der Waals surface area contributed by atoms with E-state index in [1.807, 2.05) is 0 Å². The normalized spacial score (nSPS) is 24.2. The molecule has 4 rings (SSSR count). The highest BCUT2D eigenvalue weighted by Gasteiger charge is 2.36. The highest BCUT2D eigenvalue weighted by atomic mass is 35.5. The van der Waals surface area contributed by atoms with Crippen molar-refractivity contribution in [1.82, 2.24) is 15.1 Å². The first-order chi connectivity index (χ1) is 12.9. The number of ether oxygens (including phenoxy) is 1. The van der Waals surface area contributed by atoms with Crippen LogP contribution < -0.4 is 11.5 Å². The van der Waals surface area contributed by atoms with Crippen LogP contribution in [-0.2, 0) is 17.7 Å². The average Bonchev–Trinajstić information content (AvgIpc) is 3.07. The number of nitrogens with zero attached hydrogens (tertiary/aromatic N) is 2. The number of nitrogens with one attached hydrogen (secondary N) is 1. The fraction of sp³-hybridized carbons (Fsp3) is 0.444. The van der Waals surface area contributed by atoms with E-state index in [0.717, 1.165) is 29.5 Å². The maximum Gasteiger partial charge on any atom is 0.269 e. The zero-order chi connectivity index (χ0) is 19.1. The van der Waals surface area contributed by atoms with E-state index in [4.69, 9.17) is 16.2 Å². The Kier molecular flexibility index (Phi) is 7.58. The quantitative estimate of drug-likeness (QED) is 0.661. The van der Waals surface area contributed by atoms with Crippen molar-refractivity contribution in [3.63, 3.8) is 0 Å². The number of hydrogen-bond acceptors (Lipinski definition) is 5. The molecule has 11 heteroatoms. The van der Waals surface area contributed by atoms with Crippen LogP contribution in [0.5, 0.6) is 0 Å². The number of carbonyl (C=O) groups is 1. The van der Waals surface area contributed by atoms with Gasteiger partial charge in [-0.3, -0.25) is 14.8 Å². The third kappa shape index (κ3) is 4.54. The van der Waals surface area contributed by atoms with Crippen LogP contribution in [-0.4, -0.2) is 46.2 Å². The highest BCUT2D eigenvalue weighted by molar-refractivity contribution is 5.92. The summed E-state index contributed by atoms with van der Waals surface area (Å²) in [5.74, 6) is -1.57. The third-order valence-corrected chi connectivity index (χ3v) is 5.38. The van der Waals surface area contributed by atoms with Gasteiger partial charge < -0.3 is 16.2 Å². The molecule has 1 amide bonds. The van der Waals surface area contributed by atoms with Gasteiger partial charge in [0.2, 0.25) is 0 Å². The van der Waals surface area contributed by atoms with Gasteiger partial charge in [0.25, 0.3) is 5.91 Å². The molecular formula is C18H23Cl2F2N5O2. The molecule has 0 unspecified atom stereocenters. The van der Waals surface area contributed by atoms with Gasteiger partial charge in [-0.25, -0.2) is 8.78 Å². The molecule has 2 aliphatic rings. The largest absolute Gasteiger partial charge is 0.370 e. The molecule has 7 nitrogen and oxygen atoms in total. The molecule has 0 bridgehead atoms. The van der Waals surface area contributed by atoms with Gasteiger partial charge in [0.1, 0.15) is 17.7 Å². The number of rotatable bonds is 3. The van der Waals surface area contributed by atoms with Crippen LogP contribution in [0.25, 0.3) is 0 Å². The Labute approximate surface area is 179 Å². The average molecular weight is 450 g/mol. The first-order valence-electron chi connectivity index (χ1n) is 8.86. The maximum absolute atomic E-state index is 14.1. The molecule has 1 aromatic heterocycles. The van der Waals surface area contributed by atoms with Crippen molar-refractivity contribution in [2.24, 2.45) is 11.5 Å². The van der Waals surface area contributed by atoms with Gasteiger partial charge in [-0.1, -0.05) is 0 Å². The molecule has 2 aromatic rings. The molecule has 5 N–H and O–H groups in total. The Hall–Kier alpha value is -1.78. The minimum absolute atomic E-state index is 0. The molecular weight excluding hydrogens is 427 g/mol. The monoisotopic (exact) mass is 449 g/mol. The zero-order valence-electron chi connectivity index (χ0n) is 15.4. The first-order valence-corrected chi connectivity index (χ1v) is 8.86. The van der Waals surface area contributed by atoms with Crippen LogP contribution in [0.1, 0.15) is 39.8 Å². The van der Waals surface area contributed by atoms with Crippen molar-refractivity contribution in [3.8, 4) is 0 Å². The van der Waals surface area contributed by atoms with Crippen LogP contribution in [0.2, 0.25) is 0 Å². The molecule has 0 saturated carbocycles. The Balaban J connectivity index is 0.00000150. The van der Waals surface area contributed by atoms with Crippen molar-refractivity contribution in [2.45, 2.75) is 37.6 Å². The highest BCUT2D eigenvalue weighted by Crippen LogP contribution is 2.33. The minimum Gasteiger partial charge on any atom is -0.370 e. The van der Waals surface area contributed by atoms with E-state index in [2.05, 4.69) is 15.1 Å². The summed E-state index contributed by atoms with van der Waals surface area (Å²) in [5.41, 5.74) is 13.8. The summed E-state index contributed by atoms with van der Waals surface area (Å²) >= 11 is 0. The van der Waals surface area contributed by atoms with Crippen molar-refractivity contribution < 1.29 is 18.3 Å². The molecule has 3 heterocycles. The van der Waals surface area contributed by atoms with Gasteiger partial charge in [-0.15, -0.1) is 24.8 Å². The van der Waals surface area contributed by atoms with Crippen LogP contribution >= 0.6 is 24.8 Å². The summed E-state index contributed by atoms with van der Waals surface area (Å²) in [4.78, 5) is 13.6. The molecule has 0 aliphatic carbocycles. The van der Waals surface area contributed by atoms with Gasteiger partial charge in [0, 0.05) is 36.3 Å². The van der Waals surface area contributed by atoms with Gasteiger partial charge >= 0.3 is 0 Å². The molecule has 1 aromatic carbocycles. The van der Waals surface area contributed by atoms with E-state index in [0.29, 0.717) is 38.2 Å². The SMILES string of the molecule is Cl.Cl.NC(=O)c1n[nH]c2c1CCN([C@H]1CO[C@H](c3cc(F)ccc3F)[C@@H](N)C1)C2. The molecule has 1 fully saturated rings. The molecule has 2 aliphatic heterocycles. The number of benzene rings is 1. The minimum atomic E-state index is -0.675. The fourth-order valence-corrected chi connectivity index (χ4v) is 4.01. The standard InChI is InChI=1S/C18H21F2N5O2.2ClH/c19-9-1-2-13(20)12(5-9)17-14(21)6-10(8-27-17)25-4-3-11-15(7-25)23-24-16(11)18(22)26;;/h1-2,5,10,14,17H,3-4,6-8,21H2,(H2,22,26)(H,23,24);2*1H/t10-,14+,17-;;/m1../s1. The van der Waals surface area contributed by atoms with Crippen LogP contribution in [0.3, 0.4) is 0 Å². The molecule has 160 valence electrons. The Bertz CT molecular complexity index is 882. The molecule has 29 heavy (non-hydrogen) atoms. The second-order valence-electron chi connectivity index (χ2n) is 7.09. The zero-order valence-corrected chi connectivity index (χ0v) is 17.1. The maximum atomic E-state index is 14.1. The van der Waals surface area contributed by atoms with Crippen LogP contribution in [0, 0.1) is 11.6 Å².